The Morgan fingerprint density at radius 3 is 2.19 bits per heavy atom. The van der Waals surface area contributed by atoms with Crippen LogP contribution >= 0.6 is 34.8 Å². The number of anilines is 1. The first-order valence-electron chi connectivity index (χ1n) is 9.47. The Bertz CT molecular complexity index is 1090. The van der Waals surface area contributed by atoms with Crippen LogP contribution in [0.3, 0.4) is 0 Å². The number of carbonyl (C=O) groups is 2. The number of hydrogen-bond donors (Lipinski definition) is 1. The molecule has 0 saturated heterocycles. The van der Waals surface area contributed by atoms with Crippen LogP contribution in [-0.4, -0.2) is 18.5 Å². The zero-order valence-corrected chi connectivity index (χ0v) is 19.0. The van der Waals surface area contributed by atoms with Gasteiger partial charge in [0.2, 0.25) is 0 Å². The van der Waals surface area contributed by atoms with Gasteiger partial charge >= 0.3 is 5.97 Å². The van der Waals surface area contributed by atoms with Crippen molar-refractivity contribution in [2.24, 2.45) is 0 Å². The molecular formula is C24H18Cl3NO4. The molecule has 3 rings (SSSR count). The average molecular weight is 491 g/mol. The van der Waals surface area contributed by atoms with Crippen LogP contribution in [0.5, 0.6) is 5.75 Å². The first kappa shape index (κ1) is 23.7. The smallest absolute Gasteiger partial charge is 0.331 e. The second-order valence-corrected chi connectivity index (χ2v) is 7.80. The Morgan fingerprint density at radius 2 is 1.53 bits per heavy atom. The van der Waals surface area contributed by atoms with E-state index in [1.807, 2.05) is 0 Å². The fraction of sp³-hybridized carbons (Fsp3) is 0.0833. The third-order valence-corrected chi connectivity index (χ3v) is 5.17. The summed E-state index contributed by atoms with van der Waals surface area (Å²) in [4.78, 5) is 23.7. The molecule has 0 fully saturated rings. The molecule has 164 valence electrons. The van der Waals surface area contributed by atoms with E-state index >= 15 is 0 Å². The molecule has 3 aromatic carbocycles. The van der Waals surface area contributed by atoms with Crippen LogP contribution in [0, 0.1) is 0 Å². The molecule has 0 aromatic heterocycles. The van der Waals surface area contributed by atoms with Crippen molar-refractivity contribution in [3.8, 4) is 5.75 Å². The van der Waals surface area contributed by atoms with Gasteiger partial charge in [0.15, 0.2) is 6.61 Å². The van der Waals surface area contributed by atoms with Crippen molar-refractivity contribution in [3.63, 3.8) is 0 Å². The molecule has 0 unspecified atom stereocenters. The third kappa shape index (κ3) is 7.31. The van der Waals surface area contributed by atoms with Gasteiger partial charge in [-0.2, -0.15) is 0 Å². The zero-order valence-electron chi connectivity index (χ0n) is 16.7. The monoisotopic (exact) mass is 489 g/mol. The molecule has 0 aliphatic heterocycles. The summed E-state index contributed by atoms with van der Waals surface area (Å²) < 4.78 is 10.7. The molecule has 0 atom stereocenters. The molecule has 0 aliphatic carbocycles. The predicted octanol–water partition coefficient (Wildman–Crippen LogP) is 6.42. The maximum absolute atomic E-state index is 11.9. The molecule has 0 spiro atoms. The molecule has 0 aliphatic rings. The van der Waals surface area contributed by atoms with Crippen LogP contribution < -0.4 is 10.1 Å². The highest BCUT2D eigenvalue weighted by molar-refractivity contribution is 6.36. The van der Waals surface area contributed by atoms with Crippen molar-refractivity contribution in [2.75, 3.05) is 11.9 Å². The minimum Gasteiger partial charge on any atom is -0.489 e. The van der Waals surface area contributed by atoms with Crippen molar-refractivity contribution in [2.45, 2.75) is 6.61 Å². The van der Waals surface area contributed by atoms with Crippen molar-refractivity contribution < 1.29 is 19.1 Å². The molecule has 3 aromatic rings. The van der Waals surface area contributed by atoms with Crippen LogP contribution in [0.4, 0.5) is 5.69 Å². The lowest BCUT2D eigenvalue weighted by atomic mass is 10.2. The summed E-state index contributed by atoms with van der Waals surface area (Å²) in [6, 6.07) is 18.9. The molecule has 1 amide bonds. The highest BCUT2D eigenvalue weighted by atomic mass is 35.5. The van der Waals surface area contributed by atoms with E-state index in [2.05, 4.69) is 5.32 Å². The summed E-state index contributed by atoms with van der Waals surface area (Å²) >= 11 is 18.1. The van der Waals surface area contributed by atoms with Gasteiger partial charge < -0.3 is 14.8 Å². The van der Waals surface area contributed by atoms with Gasteiger partial charge in [-0.1, -0.05) is 53.0 Å². The Labute approximate surface area is 200 Å². The van der Waals surface area contributed by atoms with E-state index in [1.165, 1.54) is 6.08 Å². The van der Waals surface area contributed by atoms with Crippen molar-refractivity contribution in [3.05, 3.63) is 99.0 Å². The first-order chi connectivity index (χ1) is 15.4. The van der Waals surface area contributed by atoms with Gasteiger partial charge in [-0.15, -0.1) is 0 Å². The summed E-state index contributed by atoms with van der Waals surface area (Å²) in [7, 11) is 0. The molecule has 5 nitrogen and oxygen atoms in total. The lowest BCUT2D eigenvalue weighted by Crippen LogP contribution is -2.20. The van der Waals surface area contributed by atoms with Gasteiger partial charge in [0.1, 0.15) is 12.4 Å². The minimum atomic E-state index is -0.634. The number of amides is 1. The van der Waals surface area contributed by atoms with E-state index in [1.54, 1.807) is 72.8 Å². The van der Waals surface area contributed by atoms with E-state index in [0.29, 0.717) is 32.1 Å². The molecule has 32 heavy (non-hydrogen) atoms. The van der Waals surface area contributed by atoms with Crippen LogP contribution in [0.2, 0.25) is 15.1 Å². The minimum absolute atomic E-state index is 0.234. The van der Waals surface area contributed by atoms with Gasteiger partial charge in [0, 0.05) is 32.4 Å². The highest BCUT2D eigenvalue weighted by Gasteiger charge is 2.07. The Kier molecular flexibility index (Phi) is 8.56. The van der Waals surface area contributed by atoms with Gasteiger partial charge in [-0.05, 0) is 60.2 Å². The van der Waals surface area contributed by atoms with E-state index in [-0.39, 0.29) is 6.61 Å². The van der Waals surface area contributed by atoms with E-state index < -0.39 is 18.5 Å². The summed E-state index contributed by atoms with van der Waals surface area (Å²) in [6.45, 7) is -0.165. The number of hydrogen-bond acceptors (Lipinski definition) is 4. The fourth-order valence-corrected chi connectivity index (χ4v) is 3.21. The fourth-order valence-electron chi connectivity index (χ4n) is 2.58. The van der Waals surface area contributed by atoms with E-state index in [4.69, 9.17) is 44.3 Å². The second kappa shape index (κ2) is 11.6. The maximum Gasteiger partial charge on any atom is 0.331 e. The quantitative estimate of drug-likeness (QED) is 0.292. The third-order valence-electron chi connectivity index (χ3n) is 4.21. The molecule has 0 saturated carbocycles. The lowest BCUT2D eigenvalue weighted by molar-refractivity contribution is -0.142. The van der Waals surface area contributed by atoms with Crippen molar-refractivity contribution in [1.29, 1.82) is 0 Å². The van der Waals surface area contributed by atoms with Gasteiger partial charge in [0.25, 0.3) is 5.91 Å². The summed E-state index contributed by atoms with van der Waals surface area (Å²) in [6.07, 6.45) is 2.82. The Balaban J connectivity index is 1.45. The summed E-state index contributed by atoms with van der Waals surface area (Å²) in [5.41, 5.74) is 2.03. The average Bonchev–Trinajstić information content (AvgIpc) is 2.78. The van der Waals surface area contributed by atoms with E-state index in [0.717, 1.165) is 5.56 Å². The van der Waals surface area contributed by atoms with Gasteiger partial charge in [-0.3, -0.25) is 4.79 Å². The molecule has 0 heterocycles. The molecule has 0 radical (unpaired) electrons. The first-order valence-corrected chi connectivity index (χ1v) is 10.6. The number of ether oxygens (including phenoxy) is 2. The van der Waals surface area contributed by atoms with Crippen LogP contribution in [-0.2, 0) is 20.9 Å². The molecule has 1 N–H and O–H groups in total. The van der Waals surface area contributed by atoms with Crippen LogP contribution in [0.1, 0.15) is 11.1 Å². The van der Waals surface area contributed by atoms with Crippen LogP contribution in [0.25, 0.3) is 6.08 Å². The van der Waals surface area contributed by atoms with E-state index in [9.17, 15) is 9.59 Å². The van der Waals surface area contributed by atoms with Crippen molar-refractivity contribution in [1.82, 2.24) is 0 Å². The molecular weight excluding hydrogens is 473 g/mol. The largest absolute Gasteiger partial charge is 0.489 e. The Hall–Kier alpha value is -2.99. The highest BCUT2D eigenvalue weighted by Crippen LogP contribution is 2.26. The summed E-state index contributed by atoms with van der Waals surface area (Å²) in [5, 5.41) is 4.24. The van der Waals surface area contributed by atoms with Crippen molar-refractivity contribution >= 4 is 58.4 Å². The Morgan fingerprint density at radius 1 is 0.875 bits per heavy atom. The van der Waals surface area contributed by atoms with Gasteiger partial charge in [0.05, 0.1) is 0 Å². The normalized spacial score (nSPS) is 10.7. The SMILES string of the molecule is O=C(COC(=O)C=Cc1ccc(OCc2c(Cl)cccc2Cl)cc1)Nc1ccc(Cl)cc1. The number of nitrogens with one attached hydrogen (secondary N) is 1. The van der Waals surface area contributed by atoms with Crippen LogP contribution in [0.15, 0.2) is 72.8 Å². The number of halogens is 3. The topological polar surface area (TPSA) is 64.6 Å². The molecule has 0 bridgehead atoms. The summed E-state index contributed by atoms with van der Waals surface area (Å²) in [5.74, 6) is -0.460. The predicted molar refractivity (Wildman–Crippen MR) is 127 cm³/mol. The number of rotatable bonds is 8. The zero-order chi connectivity index (χ0) is 22.9. The number of carbonyl (C=O) groups excluding carboxylic acids is 2. The lowest BCUT2D eigenvalue weighted by Gasteiger charge is -2.09. The number of esters is 1. The standard InChI is InChI=1S/C24H18Cl3NO4/c25-17-7-9-18(10-8-17)28-23(29)15-32-24(30)13-6-16-4-11-19(12-5-16)31-14-20-21(26)2-1-3-22(20)27/h1-13H,14-15H2,(H,28,29). The second-order valence-electron chi connectivity index (χ2n) is 6.55. The number of benzene rings is 3. The molecule has 8 heteroatoms. The van der Waals surface area contributed by atoms with Gasteiger partial charge in [-0.25, -0.2) is 4.79 Å². The maximum atomic E-state index is 11.9.